The first-order chi connectivity index (χ1) is 24.5. The van der Waals surface area contributed by atoms with Gasteiger partial charge in [0.15, 0.2) is 0 Å². The molecule has 4 aromatic rings. The Morgan fingerprint density at radius 1 is 0.745 bits per heavy atom. The summed E-state index contributed by atoms with van der Waals surface area (Å²) >= 11 is 1.39. The van der Waals surface area contributed by atoms with Crippen LogP contribution in [0.5, 0.6) is 0 Å². The average molecular weight is 710 g/mol. The van der Waals surface area contributed by atoms with Crippen LogP contribution in [0.4, 0.5) is 5.69 Å². The van der Waals surface area contributed by atoms with Crippen LogP contribution in [0, 0.1) is 0 Å². The summed E-state index contributed by atoms with van der Waals surface area (Å²) in [6.07, 6.45) is 0.901. The lowest BCUT2D eigenvalue weighted by molar-refractivity contribution is -0.142. The monoisotopic (exact) mass is 709 g/mol. The van der Waals surface area contributed by atoms with Gasteiger partial charge in [0.05, 0.1) is 6.26 Å². The highest BCUT2D eigenvalue weighted by Crippen LogP contribution is 2.15. The summed E-state index contributed by atoms with van der Waals surface area (Å²) in [6.45, 7) is 0. The van der Waals surface area contributed by atoms with Gasteiger partial charge in [-0.2, -0.15) is 0 Å². The van der Waals surface area contributed by atoms with Gasteiger partial charge in [-0.25, -0.2) is 4.79 Å². The minimum absolute atomic E-state index is 0.0135. The Balaban J connectivity index is 1.49. The molecule has 13 nitrogen and oxygen atoms in total. The van der Waals surface area contributed by atoms with E-state index in [1.54, 1.807) is 66.7 Å². The summed E-state index contributed by atoms with van der Waals surface area (Å²) in [5.74, 6) is -4.13. The fourth-order valence-corrected chi connectivity index (χ4v) is 6.22. The third-order valence-corrected chi connectivity index (χ3v) is 9.08. The van der Waals surface area contributed by atoms with Crippen molar-refractivity contribution < 1.29 is 38.3 Å². The van der Waals surface area contributed by atoms with Crippen molar-refractivity contribution in [1.82, 2.24) is 21.3 Å². The van der Waals surface area contributed by atoms with Crippen LogP contribution >= 0.6 is 11.3 Å². The Hall–Kier alpha value is -5.70. The second kappa shape index (κ2) is 17.3. The maximum absolute atomic E-state index is 14.0. The molecule has 6 N–H and O–H groups in total. The molecule has 2 aromatic heterocycles. The maximum atomic E-state index is 14.0. The van der Waals surface area contributed by atoms with Crippen molar-refractivity contribution in [1.29, 1.82) is 0 Å². The van der Waals surface area contributed by atoms with Crippen molar-refractivity contribution >= 4 is 65.8 Å². The van der Waals surface area contributed by atoms with Gasteiger partial charge in [-0.3, -0.25) is 24.0 Å². The predicted molar refractivity (Wildman–Crippen MR) is 189 cm³/mol. The highest BCUT2D eigenvalue weighted by atomic mass is 32.1. The molecule has 2 aliphatic heterocycles. The van der Waals surface area contributed by atoms with Gasteiger partial charge in [0.1, 0.15) is 37.8 Å². The minimum atomic E-state index is -1.37. The number of carbonyl (C=O) groups excluding carboxylic acids is 5. The zero-order chi connectivity index (χ0) is 36.3. The molecule has 0 spiro atoms. The number of amides is 5. The fraction of sp³-hybridized carbons (Fsp3) is 0.278. The SMILES string of the molecule is [B]c1ccc(C[C@@H]2NC(=O)[C@@H](Cc3cccs3)NC(=O)CCC(=O)Nc3ccc(cc3)C[C@H](C(=O)O)NC(=O)[C@@H](Cc3ccco3)NC2=O)cc1. The van der Waals surface area contributed by atoms with Crippen molar-refractivity contribution in [3.05, 3.63) is 106 Å². The van der Waals surface area contributed by atoms with Crippen molar-refractivity contribution in [3.8, 4) is 0 Å². The molecular formula is C36H36BN5O8S. The van der Waals surface area contributed by atoms with Crippen LogP contribution < -0.4 is 32.0 Å². The van der Waals surface area contributed by atoms with E-state index in [1.807, 2.05) is 11.4 Å². The number of aliphatic carboxylic acids is 1. The lowest BCUT2D eigenvalue weighted by Gasteiger charge is -2.26. The van der Waals surface area contributed by atoms with E-state index >= 15 is 0 Å². The first kappa shape index (κ1) is 36.6. The normalized spacial score (nSPS) is 21.0. The van der Waals surface area contributed by atoms with Gasteiger partial charge in [-0.15, -0.1) is 11.3 Å². The van der Waals surface area contributed by atoms with Gasteiger partial charge in [-0.05, 0) is 46.8 Å². The highest BCUT2D eigenvalue weighted by molar-refractivity contribution is 7.09. The molecular weight excluding hydrogens is 673 g/mol. The van der Waals surface area contributed by atoms with Gasteiger partial charge in [0, 0.05) is 49.1 Å². The molecule has 51 heavy (non-hydrogen) atoms. The van der Waals surface area contributed by atoms with Crippen LogP contribution in [0.25, 0.3) is 0 Å². The van der Waals surface area contributed by atoms with Crippen molar-refractivity contribution in [2.24, 2.45) is 0 Å². The van der Waals surface area contributed by atoms with Crippen LogP contribution in [0.15, 0.2) is 88.9 Å². The number of benzene rings is 2. The second-order valence-corrected chi connectivity index (χ2v) is 13.1. The number of fused-ring (bicyclic) bond motifs is 18. The average Bonchev–Trinajstić information content (AvgIpc) is 3.82. The third kappa shape index (κ3) is 10.9. The van der Waals surface area contributed by atoms with E-state index in [-0.39, 0.29) is 38.5 Å². The zero-order valence-corrected chi connectivity index (χ0v) is 28.2. The molecule has 0 unspecified atom stereocenters. The molecule has 5 amide bonds. The molecule has 262 valence electrons. The van der Waals surface area contributed by atoms with Crippen molar-refractivity contribution in [3.63, 3.8) is 0 Å². The van der Waals surface area contributed by atoms with Crippen LogP contribution in [-0.4, -0.2) is 72.6 Å². The lowest BCUT2D eigenvalue weighted by atomic mass is 9.93. The number of thiophene rings is 1. The number of anilines is 1. The van der Waals surface area contributed by atoms with E-state index in [2.05, 4.69) is 26.6 Å². The number of carbonyl (C=O) groups is 6. The van der Waals surface area contributed by atoms with E-state index in [1.165, 1.54) is 17.6 Å². The molecule has 15 heteroatoms. The third-order valence-electron chi connectivity index (χ3n) is 8.18. The summed E-state index contributed by atoms with van der Waals surface area (Å²) in [6, 6.07) is 14.9. The number of nitrogens with one attached hydrogen (secondary N) is 5. The van der Waals surface area contributed by atoms with Crippen LogP contribution in [0.1, 0.15) is 34.6 Å². The topological polar surface area (TPSA) is 196 Å². The van der Waals surface area contributed by atoms with E-state index < -0.39 is 59.7 Å². The second-order valence-electron chi connectivity index (χ2n) is 12.1. The quantitative estimate of drug-likeness (QED) is 0.122. The molecule has 4 heterocycles. The van der Waals surface area contributed by atoms with Crippen LogP contribution in [-0.2, 0) is 54.5 Å². The van der Waals surface area contributed by atoms with E-state index in [9.17, 15) is 33.9 Å². The maximum Gasteiger partial charge on any atom is 0.326 e. The van der Waals surface area contributed by atoms with E-state index in [4.69, 9.17) is 12.3 Å². The van der Waals surface area contributed by atoms with Gasteiger partial charge < -0.3 is 36.1 Å². The molecule has 4 atom stereocenters. The summed E-state index contributed by atoms with van der Waals surface area (Å²) in [5.41, 5.74) is 2.12. The molecule has 2 aromatic carbocycles. The van der Waals surface area contributed by atoms with Gasteiger partial charge in [-0.1, -0.05) is 47.9 Å². The van der Waals surface area contributed by atoms with Gasteiger partial charge in [0.25, 0.3) is 0 Å². The number of furan rings is 1. The smallest absolute Gasteiger partial charge is 0.326 e. The number of rotatable bonds is 7. The Kier molecular flexibility index (Phi) is 12.4. The van der Waals surface area contributed by atoms with Crippen LogP contribution in [0.2, 0.25) is 0 Å². The summed E-state index contributed by atoms with van der Waals surface area (Å²) < 4.78 is 5.44. The van der Waals surface area contributed by atoms with Crippen molar-refractivity contribution in [2.45, 2.75) is 62.7 Å². The summed E-state index contributed by atoms with van der Waals surface area (Å²) in [4.78, 5) is 80.5. The molecule has 0 aliphatic carbocycles. The number of carboxylic acid groups (broad SMARTS) is 1. The Bertz CT molecular complexity index is 1830. The van der Waals surface area contributed by atoms with Crippen molar-refractivity contribution in [2.75, 3.05) is 5.32 Å². The summed E-state index contributed by atoms with van der Waals surface area (Å²) in [5, 5.41) is 25.2. The lowest BCUT2D eigenvalue weighted by Crippen LogP contribution is -2.59. The van der Waals surface area contributed by atoms with E-state index in [0.29, 0.717) is 28.0 Å². The zero-order valence-electron chi connectivity index (χ0n) is 27.4. The largest absolute Gasteiger partial charge is 0.480 e. The van der Waals surface area contributed by atoms with E-state index in [0.717, 1.165) is 4.88 Å². The molecule has 2 bridgehead atoms. The highest BCUT2D eigenvalue weighted by Gasteiger charge is 2.32. The Labute approximate surface area is 299 Å². The van der Waals surface area contributed by atoms with Gasteiger partial charge >= 0.3 is 5.97 Å². The minimum Gasteiger partial charge on any atom is -0.480 e. The first-order valence-corrected chi connectivity index (χ1v) is 17.1. The van der Waals surface area contributed by atoms with Crippen LogP contribution in [0.3, 0.4) is 0 Å². The predicted octanol–water partition coefficient (Wildman–Crippen LogP) is 1.16. The molecule has 6 rings (SSSR count). The standard InChI is InChI=1S/C36H36BN5O8S/c37-23-9-5-21(6-10-23)17-27-33(45)41-28(19-25-3-1-15-50-25)34(46)42-30(36(48)49)18-22-7-11-24(12-8-22)38-31(43)13-14-32(44)39-29(35(47)40-27)20-26-4-2-16-51-26/h1-12,15-16,27-30H,13-14,17-20H2,(H,38,43)(H,39,44)(H,40,47)(H,41,45)(H,42,46)(H,48,49)/t27-,28+,29+,30+/m0/s1. The number of hydrogen-bond donors (Lipinski definition) is 6. The fourth-order valence-electron chi connectivity index (χ4n) is 5.47. The molecule has 2 aliphatic rings. The number of carboxylic acids is 1. The Morgan fingerprint density at radius 2 is 1.39 bits per heavy atom. The molecule has 0 fully saturated rings. The molecule has 2 radical (unpaired) electrons. The molecule has 0 saturated carbocycles. The van der Waals surface area contributed by atoms with Gasteiger partial charge in [0.2, 0.25) is 29.5 Å². The number of hydrogen-bond acceptors (Lipinski definition) is 8. The first-order valence-electron chi connectivity index (χ1n) is 16.2. The Morgan fingerprint density at radius 3 is 2.02 bits per heavy atom. The summed E-state index contributed by atoms with van der Waals surface area (Å²) in [7, 11) is 5.86. The molecule has 0 saturated heterocycles.